The smallest absolute Gasteiger partial charge is 0.255 e. The Morgan fingerprint density at radius 3 is 2.62 bits per heavy atom. The van der Waals surface area contributed by atoms with Crippen LogP contribution in [-0.2, 0) is 32.4 Å². The number of aromatic nitrogens is 6. The molecular formula is C41H38FN9O6S. The molecule has 1 unspecified atom stereocenters. The highest BCUT2D eigenvalue weighted by Crippen LogP contribution is 2.44. The molecule has 2 aliphatic heterocycles. The van der Waals surface area contributed by atoms with Crippen LogP contribution >= 0.6 is 0 Å². The first kappa shape index (κ1) is 37.1. The number of carbonyl (C=O) groups is 3. The maximum atomic E-state index is 15.6. The Balaban J connectivity index is 0.852. The number of aromatic amines is 1. The van der Waals surface area contributed by atoms with Gasteiger partial charge in [-0.05, 0) is 104 Å². The Bertz CT molecular complexity index is 2730. The average Bonchev–Trinajstić information content (AvgIpc) is 3.93. The van der Waals surface area contributed by atoms with Gasteiger partial charge in [0.2, 0.25) is 33.2 Å². The van der Waals surface area contributed by atoms with Crippen LogP contribution in [0.25, 0.3) is 16.9 Å². The standard InChI is InChI=1S/C41H38FN9O6S/c1-22(2)57-37-36(28-18-44-45-19-28)43-21-51-38(37)48-41(49-51)46-33-9-7-30(17-32(33)42)58(55,56)29-5-3-4-23(15-29)12-24-13-26(14-24)25-6-8-31-27(16-25)20-50(40(31)54)34-10-11-35(52)47-39(34)53/h3-9,15-19,21-22,24,26,34H,10-14,20H2,1-2H3,(H,44,45)(H,46,49)(H,47,52,53). The Morgan fingerprint density at radius 1 is 1.03 bits per heavy atom. The van der Waals surface area contributed by atoms with E-state index < -0.39 is 27.6 Å². The molecule has 6 aromatic rings. The van der Waals surface area contributed by atoms with Crippen molar-refractivity contribution in [2.75, 3.05) is 5.32 Å². The summed E-state index contributed by atoms with van der Waals surface area (Å²) in [6.07, 6.45) is 7.55. The molecular weight excluding hydrogens is 766 g/mol. The van der Waals surface area contributed by atoms with Crippen molar-refractivity contribution in [1.29, 1.82) is 0 Å². The molecule has 3 aromatic heterocycles. The number of ether oxygens (including phenoxy) is 1. The van der Waals surface area contributed by atoms with Gasteiger partial charge < -0.3 is 15.0 Å². The number of rotatable bonds is 11. The first-order valence-electron chi connectivity index (χ1n) is 19.0. The number of amides is 3. The van der Waals surface area contributed by atoms with Crippen molar-refractivity contribution < 1.29 is 31.9 Å². The number of nitrogens with zero attached hydrogens (tertiary/aromatic N) is 6. The van der Waals surface area contributed by atoms with E-state index in [1.165, 1.54) is 29.0 Å². The van der Waals surface area contributed by atoms with Gasteiger partial charge in [-0.3, -0.25) is 24.8 Å². The lowest BCUT2D eigenvalue weighted by Gasteiger charge is -2.36. The summed E-state index contributed by atoms with van der Waals surface area (Å²) in [5.74, 6) is -0.691. The van der Waals surface area contributed by atoms with Crippen LogP contribution in [0, 0.1) is 11.7 Å². The van der Waals surface area contributed by atoms with Crippen LogP contribution in [0.1, 0.15) is 72.5 Å². The first-order chi connectivity index (χ1) is 27.9. The number of anilines is 2. The Labute approximate surface area is 332 Å². The van der Waals surface area contributed by atoms with Crippen molar-refractivity contribution in [3.63, 3.8) is 0 Å². The molecule has 58 heavy (non-hydrogen) atoms. The van der Waals surface area contributed by atoms with E-state index in [-0.39, 0.29) is 45.8 Å². The van der Waals surface area contributed by atoms with Crippen LogP contribution in [0.15, 0.2) is 89.2 Å². The lowest BCUT2D eigenvalue weighted by molar-refractivity contribution is -0.136. The van der Waals surface area contributed by atoms with Gasteiger partial charge in [-0.1, -0.05) is 24.3 Å². The van der Waals surface area contributed by atoms with Crippen molar-refractivity contribution in [3.8, 4) is 17.0 Å². The summed E-state index contributed by atoms with van der Waals surface area (Å²) in [5.41, 5.74) is 4.99. The molecule has 1 aliphatic carbocycles. The lowest BCUT2D eigenvalue weighted by atomic mass is 9.69. The molecule has 0 bridgehead atoms. The molecule has 296 valence electrons. The van der Waals surface area contributed by atoms with E-state index in [2.05, 4.69) is 42.0 Å². The van der Waals surface area contributed by atoms with Crippen LogP contribution in [0.5, 0.6) is 5.75 Å². The quantitative estimate of drug-likeness (QED) is 0.140. The summed E-state index contributed by atoms with van der Waals surface area (Å²) in [6, 6.07) is 15.6. The van der Waals surface area contributed by atoms with Crippen molar-refractivity contribution >= 4 is 44.8 Å². The number of imide groups is 1. The molecule has 0 radical (unpaired) electrons. The number of carbonyl (C=O) groups excluding carboxylic acids is 3. The SMILES string of the molecule is CC(C)Oc1c(-c2cn[nH]c2)ncn2nc(Nc3ccc(S(=O)(=O)c4cccc(CC5CC(c6ccc7c(c6)CN(C6CCC(=O)NC6=O)C7=O)C5)c4)cc3F)nc12. The van der Waals surface area contributed by atoms with Gasteiger partial charge in [0.15, 0.2) is 5.75 Å². The van der Waals surface area contributed by atoms with E-state index in [0.29, 0.717) is 59.4 Å². The number of H-pyrrole nitrogens is 1. The number of fused-ring (bicyclic) bond motifs is 2. The zero-order valence-electron chi connectivity index (χ0n) is 31.5. The fraction of sp³-hybridized carbons (Fsp3) is 0.293. The number of hydrogen-bond donors (Lipinski definition) is 3. The zero-order valence-corrected chi connectivity index (χ0v) is 32.3. The third kappa shape index (κ3) is 6.84. The topological polar surface area (TPSA) is 194 Å². The highest BCUT2D eigenvalue weighted by atomic mass is 32.2. The highest BCUT2D eigenvalue weighted by Gasteiger charge is 2.40. The minimum Gasteiger partial charge on any atom is -0.485 e. The van der Waals surface area contributed by atoms with Gasteiger partial charge in [-0.25, -0.2) is 17.8 Å². The van der Waals surface area contributed by atoms with Crippen molar-refractivity contribution in [2.45, 2.75) is 80.4 Å². The van der Waals surface area contributed by atoms with Gasteiger partial charge in [-0.2, -0.15) is 14.6 Å². The van der Waals surface area contributed by atoms with Gasteiger partial charge in [0, 0.05) is 30.3 Å². The number of benzene rings is 3. The maximum absolute atomic E-state index is 15.6. The van der Waals surface area contributed by atoms with Crippen LogP contribution in [0.2, 0.25) is 0 Å². The van der Waals surface area contributed by atoms with E-state index in [9.17, 15) is 22.8 Å². The molecule has 3 aliphatic rings. The molecule has 1 saturated heterocycles. The van der Waals surface area contributed by atoms with Crippen LogP contribution in [0.4, 0.5) is 16.0 Å². The second kappa shape index (κ2) is 14.5. The molecule has 1 saturated carbocycles. The number of sulfone groups is 1. The van der Waals surface area contributed by atoms with Crippen molar-refractivity contribution in [3.05, 3.63) is 107 Å². The Hall–Kier alpha value is -6.49. The highest BCUT2D eigenvalue weighted by molar-refractivity contribution is 7.91. The molecule has 17 heteroatoms. The lowest BCUT2D eigenvalue weighted by Crippen LogP contribution is -2.52. The van der Waals surface area contributed by atoms with Crippen LogP contribution < -0.4 is 15.4 Å². The third-order valence-corrected chi connectivity index (χ3v) is 12.7. The predicted molar refractivity (Wildman–Crippen MR) is 207 cm³/mol. The normalized spacial score (nSPS) is 19.3. The first-order valence-corrected chi connectivity index (χ1v) is 20.5. The second-order valence-corrected chi connectivity index (χ2v) is 17.2. The second-order valence-electron chi connectivity index (χ2n) is 15.3. The van der Waals surface area contributed by atoms with E-state index in [1.807, 2.05) is 32.0 Å². The molecule has 15 nitrogen and oxygen atoms in total. The van der Waals surface area contributed by atoms with Gasteiger partial charge in [0.25, 0.3) is 5.91 Å². The Kier molecular flexibility index (Phi) is 9.26. The average molecular weight is 804 g/mol. The van der Waals surface area contributed by atoms with E-state index >= 15 is 4.39 Å². The molecule has 3 aromatic carbocycles. The van der Waals surface area contributed by atoms with Gasteiger partial charge in [0.05, 0.1) is 27.8 Å². The van der Waals surface area contributed by atoms with Crippen molar-refractivity contribution in [1.82, 2.24) is 40.0 Å². The van der Waals surface area contributed by atoms with Crippen LogP contribution in [0.3, 0.4) is 0 Å². The summed E-state index contributed by atoms with van der Waals surface area (Å²) in [5, 5.41) is 16.3. The monoisotopic (exact) mass is 803 g/mol. The molecule has 3 amide bonds. The van der Waals surface area contributed by atoms with Crippen LogP contribution in [-0.4, -0.2) is 73.0 Å². The number of halogens is 1. The molecule has 0 spiro atoms. The molecule has 9 rings (SSSR count). The largest absolute Gasteiger partial charge is 0.485 e. The van der Waals surface area contributed by atoms with E-state index in [1.54, 1.807) is 29.4 Å². The van der Waals surface area contributed by atoms with E-state index in [0.717, 1.165) is 35.6 Å². The predicted octanol–water partition coefficient (Wildman–Crippen LogP) is 5.51. The fourth-order valence-corrected chi connectivity index (χ4v) is 9.38. The van der Waals surface area contributed by atoms with Gasteiger partial charge >= 0.3 is 0 Å². The summed E-state index contributed by atoms with van der Waals surface area (Å²) in [4.78, 5) is 47.6. The molecule has 5 heterocycles. The van der Waals surface area contributed by atoms with E-state index in [4.69, 9.17) is 4.74 Å². The molecule has 3 N–H and O–H groups in total. The Morgan fingerprint density at radius 2 is 1.86 bits per heavy atom. The summed E-state index contributed by atoms with van der Waals surface area (Å²) in [7, 11) is -4.05. The van der Waals surface area contributed by atoms with Gasteiger partial charge in [0.1, 0.15) is 23.9 Å². The fourth-order valence-electron chi connectivity index (χ4n) is 8.04. The summed E-state index contributed by atoms with van der Waals surface area (Å²) in [6.45, 7) is 4.07. The van der Waals surface area contributed by atoms with Crippen molar-refractivity contribution in [2.24, 2.45) is 5.92 Å². The molecule has 2 fully saturated rings. The number of piperidine rings is 1. The number of hydrogen-bond acceptors (Lipinski definition) is 11. The zero-order chi connectivity index (χ0) is 40.3. The minimum atomic E-state index is -4.05. The van der Waals surface area contributed by atoms with Gasteiger partial charge in [-0.15, -0.1) is 5.10 Å². The maximum Gasteiger partial charge on any atom is 0.255 e. The molecule has 1 atom stereocenters. The number of nitrogens with one attached hydrogen (secondary N) is 3. The summed E-state index contributed by atoms with van der Waals surface area (Å²) < 4.78 is 50.5. The minimum absolute atomic E-state index is 0.0147. The third-order valence-electron chi connectivity index (χ3n) is 11.0. The summed E-state index contributed by atoms with van der Waals surface area (Å²) >= 11 is 0.